The van der Waals surface area contributed by atoms with Gasteiger partial charge in [-0.15, -0.1) is 0 Å². The van der Waals surface area contributed by atoms with Crippen molar-refractivity contribution < 1.29 is 13.5 Å². The van der Waals surface area contributed by atoms with Gasteiger partial charge in [-0.1, -0.05) is 0 Å². The van der Waals surface area contributed by atoms with Crippen LogP contribution in [0, 0.1) is 0 Å². The smallest absolute Gasteiger partial charge is 0.244 e. The molecule has 1 aromatic rings. The van der Waals surface area contributed by atoms with E-state index in [9.17, 15) is 13.5 Å². The van der Waals surface area contributed by atoms with Crippen molar-refractivity contribution in [2.45, 2.75) is 43.2 Å². The molecule has 0 spiro atoms. The molecule has 6 heteroatoms. The van der Waals surface area contributed by atoms with Gasteiger partial charge < -0.3 is 5.11 Å². The van der Waals surface area contributed by atoms with Crippen molar-refractivity contribution in [3.63, 3.8) is 0 Å². The number of aromatic nitrogens is 1. The van der Waals surface area contributed by atoms with E-state index in [2.05, 4.69) is 4.98 Å². The van der Waals surface area contributed by atoms with Gasteiger partial charge in [-0.05, 0) is 38.8 Å². The molecule has 1 unspecified atom stereocenters. The van der Waals surface area contributed by atoms with Crippen molar-refractivity contribution in [3.05, 3.63) is 24.5 Å². The highest BCUT2D eigenvalue weighted by molar-refractivity contribution is 7.89. The second-order valence-corrected chi connectivity index (χ2v) is 7.01. The largest absolute Gasteiger partial charge is 0.389 e. The molecule has 1 aliphatic rings. The third-order valence-electron chi connectivity index (χ3n) is 3.26. The molecule has 18 heavy (non-hydrogen) atoms. The highest BCUT2D eigenvalue weighted by Gasteiger charge is 2.42. The van der Waals surface area contributed by atoms with Gasteiger partial charge in [0.25, 0.3) is 0 Å². The molecule has 2 heterocycles. The molecule has 0 aliphatic carbocycles. The van der Waals surface area contributed by atoms with Crippen LogP contribution in [0.2, 0.25) is 0 Å². The fourth-order valence-electron chi connectivity index (χ4n) is 2.37. The Morgan fingerprint density at radius 3 is 2.78 bits per heavy atom. The van der Waals surface area contributed by atoms with Crippen LogP contribution < -0.4 is 0 Å². The zero-order valence-corrected chi connectivity index (χ0v) is 11.4. The van der Waals surface area contributed by atoms with E-state index in [1.807, 2.05) is 0 Å². The summed E-state index contributed by atoms with van der Waals surface area (Å²) in [6.45, 7) is 3.75. The Morgan fingerprint density at radius 2 is 2.22 bits per heavy atom. The van der Waals surface area contributed by atoms with Gasteiger partial charge in [0.05, 0.1) is 11.6 Å². The number of rotatable bonds is 3. The fourth-order valence-corrected chi connectivity index (χ4v) is 4.15. The van der Waals surface area contributed by atoms with Gasteiger partial charge in [0.1, 0.15) is 4.90 Å². The molecule has 1 aliphatic heterocycles. The maximum absolute atomic E-state index is 12.5. The first-order valence-corrected chi connectivity index (χ1v) is 7.42. The van der Waals surface area contributed by atoms with Gasteiger partial charge in [0.15, 0.2) is 0 Å². The number of pyridine rings is 1. The first-order chi connectivity index (χ1) is 8.33. The summed E-state index contributed by atoms with van der Waals surface area (Å²) in [7, 11) is -3.56. The van der Waals surface area contributed by atoms with Gasteiger partial charge in [-0.3, -0.25) is 4.98 Å². The second kappa shape index (κ2) is 4.60. The average Bonchev–Trinajstić information content (AvgIpc) is 2.79. The van der Waals surface area contributed by atoms with E-state index in [0.717, 1.165) is 6.42 Å². The fraction of sp³-hybridized carbons (Fsp3) is 0.583. The summed E-state index contributed by atoms with van der Waals surface area (Å²) in [5.74, 6) is 0. The Bertz CT molecular complexity index is 508. The number of nitrogens with zero attached hydrogens (tertiary/aromatic N) is 2. The summed E-state index contributed by atoms with van der Waals surface area (Å²) < 4.78 is 26.3. The van der Waals surface area contributed by atoms with Crippen LogP contribution in [0.25, 0.3) is 0 Å². The van der Waals surface area contributed by atoms with E-state index >= 15 is 0 Å². The van der Waals surface area contributed by atoms with Crippen molar-refractivity contribution in [2.24, 2.45) is 0 Å². The quantitative estimate of drug-likeness (QED) is 0.889. The molecule has 2 rings (SSSR count). The molecule has 100 valence electrons. The molecule has 0 aromatic carbocycles. The average molecular weight is 270 g/mol. The van der Waals surface area contributed by atoms with Crippen LogP contribution in [0.4, 0.5) is 0 Å². The SMILES string of the molecule is CC(C)(O)C1CCCN1S(=O)(=O)c1cccnc1. The topological polar surface area (TPSA) is 70.5 Å². The van der Waals surface area contributed by atoms with Gasteiger partial charge in [0, 0.05) is 18.9 Å². The number of sulfonamides is 1. The minimum atomic E-state index is -3.56. The van der Waals surface area contributed by atoms with Crippen LogP contribution in [-0.2, 0) is 10.0 Å². The van der Waals surface area contributed by atoms with E-state index in [1.165, 1.54) is 22.8 Å². The highest BCUT2D eigenvalue weighted by atomic mass is 32.2. The Labute approximate surface area is 108 Å². The summed E-state index contributed by atoms with van der Waals surface area (Å²) in [4.78, 5) is 4.02. The Morgan fingerprint density at radius 1 is 1.50 bits per heavy atom. The highest BCUT2D eigenvalue weighted by Crippen LogP contribution is 2.31. The number of aliphatic hydroxyl groups is 1. The molecule has 0 bridgehead atoms. The Kier molecular flexibility index (Phi) is 3.44. The summed E-state index contributed by atoms with van der Waals surface area (Å²) in [5.41, 5.74) is -1.04. The van der Waals surface area contributed by atoms with E-state index in [4.69, 9.17) is 0 Å². The van der Waals surface area contributed by atoms with Crippen LogP contribution in [0.15, 0.2) is 29.4 Å². The molecule has 1 fully saturated rings. The normalized spacial score (nSPS) is 22.3. The molecule has 1 aromatic heterocycles. The third-order valence-corrected chi connectivity index (χ3v) is 5.15. The van der Waals surface area contributed by atoms with Gasteiger partial charge >= 0.3 is 0 Å². The molecule has 0 saturated carbocycles. The second-order valence-electron chi connectivity index (χ2n) is 5.12. The van der Waals surface area contributed by atoms with Crippen molar-refractivity contribution in [2.75, 3.05) is 6.54 Å². The van der Waals surface area contributed by atoms with Crippen LogP contribution in [0.3, 0.4) is 0 Å². The molecule has 0 amide bonds. The summed E-state index contributed by atoms with van der Waals surface area (Å²) in [6.07, 6.45) is 4.34. The minimum absolute atomic E-state index is 0.182. The monoisotopic (exact) mass is 270 g/mol. The maximum atomic E-state index is 12.5. The zero-order chi connectivity index (χ0) is 13.4. The first-order valence-electron chi connectivity index (χ1n) is 5.98. The Balaban J connectivity index is 2.37. The predicted molar refractivity (Wildman–Crippen MR) is 67.4 cm³/mol. The standard InChI is InChI=1S/C12H18N2O3S/c1-12(2,15)11-6-4-8-14(11)18(16,17)10-5-3-7-13-9-10/h3,5,7,9,11,15H,4,6,8H2,1-2H3. The van der Waals surface area contributed by atoms with Crippen LogP contribution in [0.5, 0.6) is 0 Å². The van der Waals surface area contributed by atoms with Crippen molar-refractivity contribution in [3.8, 4) is 0 Å². The van der Waals surface area contributed by atoms with Crippen molar-refractivity contribution >= 4 is 10.0 Å². The van der Waals surface area contributed by atoms with Crippen LogP contribution in [0.1, 0.15) is 26.7 Å². The lowest BCUT2D eigenvalue weighted by Gasteiger charge is -2.32. The lowest BCUT2D eigenvalue weighted by Crippen LogP contribution is -2.48. The van der Waals surface area contributed by atoms with Gasteiger partial charge in [-0.2, -0.15) is 4.31 Å². The van der Waals surface area contributed by atoms with Crippen LogP contribution in [-0.4, -0.2) is 41.0 Å². The summed E-state index contributed by atoms with van der Waals surface area (Å²) >= 11 is 0. The molecular formula is C12H18N2O3S. The molecule has 1 saturated heterocycles. The van der Waals surface area contributed by atoms with Gasteiger partial charge in [-0.25, -0.2) is 8.42 Å². The predicted octanol–water partition coefficient (Wildman–Crippen LogP) is 1.01. The minimum Gasteiger partial charge on any atom is -0.389 e. The van der Waals surface area contributed by atoms with Crippen LogP contribution >= 0.6 is 0 Å². The molecule has 0 radical (unpaired) electrons. The molecule has 5 nitrogen and oxygen atoms in total. The molecule has 1 N–H and O–H groups in total. The summed E-state index contributed by atoms with van der Waals surface area (Å²) in [5, 5.41) is 10.1. The van der Waals surface area contributed by atoms with E-state index < -0.39 is 15.6 Å². The van der Waals surface area contributed by atoms with E-state index in [-0.39, 0.29) is 10.9 Å². The van der Waals surface area contributed by atoms with Gasteiger partial charge in [0.2, 0.25) is 10.0 Å². The third kappa shape index (κ3) is 2.41. The van der Waals surface area contributed by atoms with Crippen molar-refractivity contribution in [1.82, 2.24) is 9.29 Å². The molecule has 1 atom stereocenters. The first kappa shape index (κ1) is 13.5. The zero-order valence-electron chi connectivity index (χ0n) is 10.6. The van der Waals surface area contributed by atoms with E-state index in [0.29, 0.717) is 13.0 Å². The lowest BCUT2D eigenvalue weighted by molar-refractivity contribution is 0.0215. The maximum Gasteiger partial charge on any atom is 0.244 e. The van der Waals surface area contributed by atoms with Crippen molar-refractivity contribution in [1.29, 1.82) is 0 Å². The lowest BCUT2D eigenvalue weighted by atomic mass is 9.98. The number of hydrogen-bond donors (Lipinski definition) is 1. The number of hydrogen-bond acceptors (Lipinski definition) is 4. The molecular weight excluding hydrogens is 252 g/mol. The summed E-state index contributed by atoms with van der Waals surface area (Å²) in [6, 6.07) is 2.76. The Hall–Kier alpha value is -0.980. The van der Waals surface area contributed by atoms with E-state index in [1.54, 1.807) is 19.9 Å².